The number of hydrogen-bond donors (Lipinski definition) is 1. The Balaban J connectivity index is 2.19. The van der Waals surface area contributed by atoms with Gasteiger partial charge in [-0.25, -0.2) is 4.98 Å². The largest absolute Gasteiger partial charge is 0.416 e. The van der Waals surface area contributed by atoms with Crippen LogP contribution < -0.4 is 5.56 Å². The number of nitrogens with one attached hydrogen (secondary N) is 1. The monoisotopic (exact) mass is 311 g/mol. The SMILES string of the molecule is CN(Cc1cccc(C(F)(F)F)c1)C(=O)c1cnc[nH]c1=O. The summed E-state index contributed by atoms with van der Waals surface area (Å²) in [5, 5.41) is 0. The minimum Gasteiger partial charge on any atom is -0.337 e. The number of nitrogens with zero attached hydrogens (tertiary/aromatic N) is 2. The maximum atomic E-state index is 12.6. The molecule has 0 aliphatic carbocycles. The Labute approximate surface area is 123 Å². The second-order valence-corrected chi connectivity index (χ2v) is 4.65. The van der Waals surface area contributed by atoms with E-state index in [1.807, 2.05) is 0 Å². The molecule has 0 fully saturated rings. The van der Waals surface area contributed by atoms with Gasteiger partial charge in [0.15, 0.2) is 0 Å². The van der Waals surface area contributed by atoms with Crippen molar-refractivity contribution in [1.29, 1.82) is 0 Å². The van der Waals surface area contributed by atoms with E-state index >= 15 is 0 Å². The predicted octanol–water partition coefficient (Wildman–Crippen LogP) is 2.06. The Morgan fingerprint density at radius 1 is 1.36 bits per heavy atom. The molecule has 8 heteroatoms. The minimum absolute atomic E-state index is 0.0584. The molecule has 0 aliphatic heterocycles. The lowest BCUT2D eigenvalue weighted by molar-refractivity contribution is -0.137. The number of benzene rings is 1. The lowest BCUT2D eigenvalue weighted by Crippen LogP contribution is -2.31. The second kappa shape index (κ2) is 6.00. The molecule has 0 bridgehead atoms. The Kier molecular flexibility index (Phi) is 4.30. The van der Waals surface area contributed by atoms with Crippen molar-refractivity contribution in [3.8, 4) is 0 Å². The number of carbonyl (C=O) groups is 1. The molecule has 1 aromatic carbocycles. The van der Waals surface area contributed by atoms with Crippen LogP contribution in [0.25, 0.3) is 0 Å². The van der Waals surface area contributed by atoms with Crippen molar-refractivity contribution in [2.75, 3.05) is 7.05 Å². The first kappa shape index (κ1) is 15.7. The Morgan fingerprint density at radius 3 is 2.73 bits per heavy atom. The summed E-state index contributed by atoms with van der Waals surface area (Å²) < 4.78 is 37.9. The van der Waals surface area contributed by atoms with Gasteiger partial charge < -0.3 is 9.88 Å². The summed E-state index contributed by atoms with van der Waals surface area (Å²) in [7, 11) is 1.40. The van der Waals surface area contributed by atoms with Gasteiger partial charge in [0, 0.05) is 19.8 Å². The fourth-order valence-electron chi connectivity index (χ4n) is 1.89. The van der Waals surface area contributed by atoms with Crippen LogP contribution in [0.1, 0.15) is 21.5 Å². The topological polar surface area (TPSA) is 66.1 Å². The van der Waals surface area contributed by atoms with Gasteiger partial charge in [-0.3, -0.25) is 9.59 Å². The van der Waals surface area contributed by atoms with Gasteiger partial charge in [0.1, 0.15) is 5.56 Å². The first-order valence-electron chi connectivity index (χ1n) is 6.23. The number of H-pyrrole nitrogens is 1. The first-order chi connectivity index (χ1) is 10.3. The third-order valence-electron chi connectivity index (χ3n) is 2.97. The van der Waals surface area contributed by atoms with E-state index in [0.717, 1.165) is 29.6 Å². The molecular formula is C14H12F3N3O2. The van der Waals surface area contributed by atoms with E-state index in [1.54, 1.807) is 0 Å². The molecule has 116 valence electrons. The van der Waals surface area contributed by atoms with Gasteiger partial charge in [-0.1, -0.05) is 12.1 Å². The van der Waals surface area contributed by atoms with Crippen LogP contribution in [0, 0.1) is 0 Å². The molecule has 1 amide bonds. The van der Waals surface area contributed by atoms with Crippen LogP contribution in [0.5, 0.6) is 0 Å². The van der Waals surface area contributed by atoms with Gasteiger partial charge in [-0.05, 0) is 17.7 Å². The molecule has 0 unspecified atom stereocenters. The van der Waals surface area contributed by atoms with Crippen molar-refractivity contribution >= 4 is 5.91 Å². The summed E-state index contributed by atoms with van der Waals surface area (Å²) in [6.07, 6.45) is -2.19. The molecule has 2 aromatic rings. The normalized spacial score (nSPS) is 11.3. The van der Waals surface area contributed by atoms with Crippen LogP contribution in [0.3, 0.4) is 0 Å². The highest BCUT2D eigenvalue weighted by molar-refractivity contribution is 5.93. The van der Waals surface area contributed by atoms with Gasteiger partial charge in [0.05, 0.1) is 11.9 Å². The smallest absolute Gasteiger partial charge is 0.337 e. The average molecular weight is 311 g/mol. The maximum absolute atomic E-state index is 12.6. The van der Waals surface area contributed by atoms with Gasteiger partial charge in [-0.15, -0.1) is 0 Å². The summed E-state index contributed by atoms with van der Waals surface area (Å²) >= 11 is 0. The number of aromatic nitrogens is 2. The minimum atomic E-state index is -4.45. The molecule has 5 nitrogen and oxygen atoms in total. The van der Waals surface area contributed by atoms with E-state index in [4.69, 9.17) is 0 Å². The molecule has 0 saturated carbocycles. The van der Waals surface area contributed by atoms with Crippen LogP contribution in [0.15, 0.2) is 41.6 Å². The molecule has 1 aromatic heterocycles. The van der Waals surface area contributed by atoms with Crippen LogP contribution in [0.4, 0.5) is 13.2 Å². The van der Waals surface area contributed by atoms with E-state index in [1.165, 1.54) is 19.2 Å². The maximum Gasteiger partial charge on any atom is 0.416 e. The molecule has 1 N–H and O–H groups in total. The quantitative estimate of drug-likeness (QED) is 0.943. The fraction of sp³-hybridized carbons (Fsp3) is 0.214. The van der Waals surface area contributed by atoms with E-state index in [-0.39, 0.29) is 12.1 Å². The lowest BCUT2D eigenvalue weighted by Gasteiger charge is -2.17. The summed E-state index contributed by atoms with van der Waals surface area (Å²) in [6.45, 7) is -0.0584. The van der Waals surface area contributed by atoms with Crippen LogP contribution in [-0.2, 0) is 12.7 Å². The zero-order valence-electron chi connectivity index (χ0n) is 11.5. The zero-order chi connectivity index (χ0) is 16.3. The molecule has 1 heterocycles. The number of alkyl halides is 3. The standard InChI is InChI=1S/C14H12F3N3O2/c1-20(13(22)11-6-18-8-19-12(11)21)7-9-3-2-4-10(5-9)14(15,16)17/h2-6,8H,7H2,1H3,(H,18,19,21). The number of amides is 1. The number of aromatic amines is 1. The van der Waals surface area contributed by atoms with Crippen molar-refractivity contribution in [2.24, 2.45) is 0 Å². The van der Waals surface area contributed by atoms with E-state index < -0.39 is 23.2 Å². The first-order valence-corrected chi connectivity index (χ1v) is 6.23. The Hall–Kier alpha value is -2.64. The number of rotatable bonds is 3. The van der Waals surface area contributed by atoms with Gasteiger partial charge in [-0.2, -0.15) is 13.2 Å². The summed E-state index contributed by atoms with van der Waals surface area (Å²) in [5.41, 5.74) is -1.25. The van der Waals surface area contributed by atoms with E-state index in [0.29, 0.717) is 5.56 Å². The number of halogens is 3. The number of hydrogen-bond acceptors (Lipinski definition) is 3. The van der Waals surface area contributed by atoms with Crippen molar-refractivity contribution in [1.82, 2.24) is 14.9 Å². The molecule has 0 aliphatic rings. The number of carbonyl (C=O) groups excluding carboxylic acids is 1. The highest BCUT2D eigenvalue weighted by atomic mass is 19.4. The molecular weight excluding hydrogens is 299 g/mol. The molecule has 0 saturated heterocycles. The average Bonchev–Trinajstić information content (AvgIpc) is 2.46. The summed E-state index contributed by atoms with van der Waals surface area (Å²) in [4.78, 5) is 30.7. The lowest BCUT2D eigenvalue weighted by atomic mass is 10.1. The third kappa shape index (κ3) is 3.51. The zero-order valence-corrected chi connectivity index (χ0v) is 11.5. The Morgan fingerprint density at radius 2 is 2.09 bits per heavy atom. The van der Waals surface area contributed by atoms with E-state index in [2.05, 4.69) is 9.97 Å². The fourth-order valence-corrected chi connectivity index (χ4v) is 1.89. The molecule has 2 rings (SSSR count). The van der Waals surface area contributed by atoms with Crippen molar-refractivity contribution in [3.05, 3.63) is 63.8 Å². The van der Waals surface area contributed by atoms with Crippen molar-refractivity contribution in [3.63, 3.8) is 0 Å². The van der Waals surface area contributed by atoms with Crippen LogP contribution in [-0.4, -0.2) is 27.8 Å². The predicted molar refractivity (Wildman–Crippen MR) is 72.1 cm³/mol. The van der Waals surface area contributed by atoms with Crippen molar-refractivity contribution in [2.45, 2.75) is 12.7 Å². The molecule has 0 spiro atoms. The third-order valence-corrected chi connectivity index (χ3v) is 2.97. The van der Waals surface area contributed by atoms with Crippen LogP contribution in [0.2, 0.25) is 0 Å². The Bertz CT molecular complexity index is 740. The van der Waals surface area contributed by atoms with Crippen molar-refractivity contribution < 1.29 is 18.0 Å². The highest BCUT2D eigenvalue weighted by Crippen LogP contribution is 2.29. The van der Waals surface area contributed by atoms with Gasteiger partial charge >= 0.3 is 6.18 Å². The van der Waals surface area contributed by atoms with Crippen LogP contribution >= 0.6 is 0 Å². The molecule has 0 radical (unpaired) electrons. The highest BCUT2D eigenvalue weighted by Gasteiger charge is 2.30. The summed E-state index contributed by atoms with van der Waals surface area (Å²) in [6, 6.07) is 4.67. The van der Waals surface area contributed by atoms with Gasteiger partial charge in [0.25, 0.3) is 11.5 Å². The molecule has 22 heavy (non-hydrogen) atoms. The van der Waals surface area contributed by atoms with E-state index in [9.17, 15) is 22.8 Å². The van der Waals surface area contributed by atoms with Gasteiger partial charge in [0.2, 0.25) is 0 Å². The molecule has 0 atom stereocenters. The summed E-state index contributed by atoms with van der Waals surface area (Å²) in [5.74, 6) is -0.619. The second-order valence-electron chi connectivity index (χ2n) is 4.65.